The number of hydrogen-bond acceptors (Lipinski definition) is 3. The van der Waals surface area contributed by atoms with Gasteiger partial charge in [-0.2, -0.15) is 0 Å². The fourth-order valence-corrected chi connectivity index (χ4v) is 3.14. The molecule has 6 heteroatoms. The van der Waals surface area contributed by atoms with Gasteiger partial charge >= 0.3 is 5.97 Å². The Morgan fingerprint density at radius 1 is 1.00 bits per heavy atom. The average Bonchev–Trinajstić information content (AvgIpc) is 2.74. The zero-order valence-electron chi connectivity index (χ0n) is 18.3. The minimum absolute atomic E-state index is 0.0805. The first kappa shape index (κ1) is 25.4. The Kier molecular flexibility index (Phi) is 12.9. The van der Waals surface area contributed by atoms with Gasteiger partial charge in [0.2, 0.25) is 11.8 Å². The third-order valence-corrected chi connectivity index (χ3v) is 4.86. The third kappa shape index (κ3) is 10.8. The summed E-state index contributed by atoms with van der Waals surface area (Å²) in [7, 11) is 0. The summed E-state index contributed by atoms with van der Waals surface area (Å²) in [4.78, 5) is 38.4. The van der Waals surface area contributed by atoms with Crippen molar-refractivity contribution in [1.29, 1.82) is 0 Å². The summed E-state index contributed by atoms with van der Waals surface area (Å²) in [5, 5.41) is 11.8. The molecule has 30 heavy (non-hydrogen) atoms. The van der Waals surface area contributed by atoms with Gasteiger partial charge < -0.3 is 15.3 Å². The van der Waals surface area contributed by atoms with Crippen LogP contribution in [0.3, 0.4) is 0 Å². The van der Waals surface area contributed by atoms with Gasteiger partial charge in [-0.05, 0) is 30.9 Å². The van der Waals surface area contributed by atoms with Crippen LogP contribution in [0.2, 0.25) is 0 Å². The fourth-order valence-electron chi connectivity index (χ4n) is 3.14. The van der Waals surface area contributed by atoms with Crippen LogP contribution < -0.4 is 5.32 Å². The molecule has 1 rings (SSSR count). The largest absolute Gasteiger partial charge is 0.481 e. The van der Waals surface area contributed by atoms with Gasteiger partial charge in [0.25, 0.3) is 0 Å². The van der Waals surface area contributed by atoms with Gasteiger partial charge in [-0.1, -0.05) is 69.9 Å². The number of nitrogens with one attached hydrogen (secondary N) is 1. The van der Waals surface area contributed by atoms with Gasteiger partial charge in [-0.15, -0.1) is 0 Å². The predicted octanol–water partition coefficient (Wildman–Crippen LogP) is 4.26. The van der Waals surface area contributed by atoms with Gasteiger partial charge in [-0.3, -0.25) is 14.4 Å². The number of carbonyl (C=O) groups excluding carboxylic acids is 2. The topological polar surface area (TPSA) is 86.7 Å². The van der Waals surface area contributed by atoms with Crippen molar-refractivity contribution in [3.63, 3.8) is 0 Å². The summed E-state index contributed by atoms with van der Waals surface area (Å²) in [5.74, 6) is -1.57. The molecule has 0 aliphatic rings. The monoisotopic (exact) mass is 416 g/mol. The first-order valence-electron chi connectivity index (χ1n) is 11.0. The number of carbonyl (C=O) groups is 3. The van der Waals surface area contributed by atoms with Gasteiger partial charge in [0, 0.05) is 25.6 Å². The molecule has 2 N–H and O–H groups in total. The number of benzene rings is 1. The molecule has 0 unspecified atom stereocenters. The Hall–Kier alpha value is -2.63. The molecule has 0 saturated carbocycles. The van der Waals surface area contributed by atoms with Gasteiger partial charge in [0.15, 0.2) is 0 Å². The van der Waals surface area contributed by atoms with Crippen molar-refractivity contribution in [1.82, 2.24) is 10.2 Å². The smallest absolute Gasteiger partial charge is 0.303 e. The van der Waals surface area contributed by atoms with E-state index in [-0.39, 0.29) is 18.7 Å². The molecule has 166 valence electrons. The zero-order valence-corrected chi connectivity index (χ0v) is 18.3. The van der Waals surface area contributed by atoms with E-state index < -0.39 is 17.9 Å². The first-order chi connectivity index (χ1) is 14.5. The second kappa shape index (κ2) is 15.2. The number of amides is 2. The van der Waals surface area contributed by atoms with Gasteiger partial charge in [0.1, 0.15) is 6.04 Å². The van der Waals surface area contributed by atoms with Crippen LogP contribution in [0.4, 0.5) is 0 Å². The Labute approximate surface area is 180 Å². The van der Waals surface area contributed by atoms with E-state index in [0.29, 0.717) is 13.1 Å². The number of carboxylic acids is 1. The average molecular weight is 417 g/mol. The van der Waals surface area contributed by atoms with Crippen molar-refractivity contribution < 1.29 is 19.5 Å². The quantitative estimate of drug-likeness (QED) is 0.330. The fraction of sp³-hybridized carbons (Fsp3) is 0.542. The van der Waals surface area contributed by atoms with Crippen LogP contribution in [-0.2, 0) is 14.4 Å². The molecule has 1 aromatic rings. The predicted molar refractivity (Wildman–Crippen MR) is 120 cm³/mol. The molecular weight excluding hydrogens is 380 g/mol. The van der Waals surface area contributed by atoms with Crippen molar-refractivity contribution in [2.75, 3.05) is 13.1 Å². The molecule has 0 spiro atoms. The summed E-state index contributed by atoms with van der Waals surface area (Å²) in [6, 6.07) is 8.56. The molecule has 0 radical (unpaired) electrons. The lowest BCUT2D eigenvalue weighted by molar-refractivity contribution is -0.139. The van der Waals surface area contributed by atoms with Crippen LogP contribution in [0.15, 0.2) is 36.4 Å². The molecule has 1 atom stereocenters. The highest BCUT2D eigenvalue weighted by Gasteiger charge is 2.25. The number of hydrogen-bond donors (Lipinski definition) is 2. The molecule has 1 aromatic carbocycles. The number of aliphatic carboxylic acids is 1. The maximum absolute atomic E-state index is 13.1. The van der Waals surface area contributed by atoms with Crippen LogP contribution in [-0.4, -0.2) is 46.9 Å². The van der Waals surface area contributed by atoms with Crippen molar-refractivity contribution >= 4 is 23.9 Å². The molecule has 0 saturated heterocycles. The van der Waals surface area contributed by atoms with E-state index in [0.717, 1.165) is 44.1 Å². The van der Waals surface area contributed by atoms with E-state index >= 15 is 0 Å². The van der Waals surface area contributed by atoms with Crippen LogP contribution in [0.25, 0.3) is 6.08 Å². The summed E-state index contributed by atoms with van der Waals surface area (Å²) >= 11 is 0. The standard InChI is InChI=1S/C24H36N2O4/c1-3-5-10-18-26(19-11-6-4-2)24(30)21(15-17-23(28)29)25-22(27)16-14-20-12-8-7-9-13-20/h7-9,12-14,16,21H,3-6,10-11,15,17-19H2,1-2H3,(H,25,27)(H,28,29)/t21-/m0/s1. The first-order valence-corrected chi connectivity index (χ1v) is 11.0. The van der Waals surface area contributed by atoms with Crippen molar-refractivity contribution in [2.24, 2.45) is 0 Å². The Balaban J connectivity index is 2.83. The van der Waals surface area contributed by atoms with Crippen LogP contribution in [0.1, 0.15) is 70.8 Å². The van der Waals surface area contributed by atoms with E-state index in [1.807, 2.05) is 30.3 Å². The van der Waals surface area contributed by atoms with E-state index in [2.05, 4.69) is 19.2 Å². The number of nitrogens with zero attached hydrogens (tertiary/aromatic N) is 1. The maximum Gasteiger partial charge on any atom is 0.303 e. The lowest BCUT2D eigenvalue weighted by Gasteiger charge is -2.28. The highest BCUT2D eigenvalue weighted by molar-refractivity contribution is 5.95. The molecule has 0 heterocycles. The molecule has 0 bridgehead atoms. The van der Waals surface area contributed by atoms with E-state index in [1.165, 1.54) is 6.08 Å². The Bertz CT molecular complexity index is 663. The second-order valence-electron chi connectivity index (χ2n) is 7.48. The van der Waals surface area contributed by atoms with Crippen molar-refractivity contribution in [2.45, 2.75) is 71.3 Å². The zero-order chi connectivity index (χ0) is 22.2. The van der Waals surface area contributed by atoms with E-state index in [4.69, 9.17) is 5.11 Å². The molecule has 0 aliphatic heterocycles. The Morgan fingerprint density at radius 2 is 1.60 bits per heavy atom. The highest BCUT2D eigenvalue weighted by Crippen LogP contribution is 2.09. The molecule has 0 aromatic heterocycles. The highest BCUT2D eigenvalue weighted by atomic mass is 16.4. The van der Waals surface area contributed by atoms with Crippen LogP contribution >= 0.6 is 0 Å². The van der Waals surface area contributed by atoms with Crippen LogP contribution in [0, 0.1) is 0 Å². The number of unbranched alkanes of at least 4 members (excludes halogenated alkanes) is 4. The molecule has 0 fully saturated rings. The minimum Gasteiger partial charge on any atom is -0.481 e. The normalized spacial score (nSPS) is 11.9. The summed E-state index contributed by atoms with van der Waals surface area (Å²) in [5.41, 5.74) is 0.877. The molecule has 2 amide bonds. The summed E-state index contributed by atoms with van der Waals surface area (Å²) < 4.78 is 0. The summed E-state index contributed by atoms with van der Waals surface area (Å²) in [6.07, 6.45) is 8.95. The minimum atomic E-state index is -0.981. The van der Waals surface area contributed by atoms with Crippen LogP contribution in [0.5, 0.6) is 0 Å². The Morgan fingerprint density at radius 3 is 2.13 bits per heavy atom. The third-order valence-electron chi connectivity index (χ3n) is 4.86. The molecular formula is C24H36N2O4. The molecule has 0 aliphatic carbocycles. The second-order valence-corrected chi connectivity index (χ2v) is 7.48. The molecule has 6 nitrogen and oxygen atoms in total. The van der Waals surface area contributed by atoms with Crippen molar-refractivity contribution in [3.05, 3.63) is 42.0 Å². The lowest BCUT2D eigenvalue weighted by Crippen LogP contribution is -2.49. The van der Waals surface area contributed by atoms with E-state index in [1.54, 1.807) is 11.0 Å². The SMILES string of the molecule is CCCCCN(CCCCC)C(=O)[C@H](CCC(=O)O)NC(=O)C=Cc1ccccc1. The van der Waals surface area contributed by atoms with Crippen molar-refractivity contribution in [3.8, 4) is 0 Å². The lowest BCUT2D eigenvalue weighted by atomic mass is 10.1. The number of rotatable bonds is 15. The van der Waals surface area contributed by atoms with E-state index in [9.17, 15) is 14.4 Å². The number of carboxylic acid groups (broad SMARTS) is 1. The maximum atomic E-state index is 13.1. The summed E-state index contributed by atoms with van der Waals surface area (Å²) in [6.45, 7) is 5.49. The van der Waals surface area contributed by atoms with Gasteiger partial charge in [-0.25, -0.2) is 0 Å². The van der Waals surface area contributed by atoms with Gasteiger partial charge in [0.05, 0.1) is 0 Å².